The van der Waals surface area contributed by atoms with Crippen LogP contribution in [0.3, 0.4) is 0 Å². The second-order valence-corrected chi connectivity index (χ2v) is 5.31. The van der Waals surface area contributed by atoms with E-state index in [4.69, 9.17) is 0 Å². The van der Waals surface area contributed by atoms with E-state index in [1.54, 1.807) is 25.6 Å². The summed E-state index contributed by atoms with van der Waals surface area (Å²) in [5, 5.41) is 2.84. The Balaban J connectivity index is 0. The molecule has 0 amide bonds. The van der Waals surface area contributed by atoms with E-state index in [9.17, 15) is 26.3 Å². The van der Waals surface area contributed by atoms with Crippen molar-refractivity contribution >= 4 is 20.2 Å². The van der Waals surface area contributed by atoms with Crippen LogP contribution < -0.4 is 5.32 Å². The fraction of sp³-hybridized carbons (Fsp3) is 0.571. The molecule has 0 bridgehead atoms. The van der Waals surface area contributed by atoms with Crippen molar-refractivity contribution in [1.29, 1.82) is 0 Å². The van der Waals surface area contributed by atoms with E-state index < -0.39 is 29.5 Å². The molecule has 9 heteroatoms. The van der Waals surface area contributed by atoms with Crippen LogP contribution in [0, 0.1) is 5.82 Å². The van der Waals surface area contributed by atoms with Crippen molar-refractivity contribution in [1.82, 2.24) is 5.32 Å². The molecule has 0 aliphatic rings. The Hall–Kier alpha value is -0.825. The lowest BCUT2D eigenvalue weighted by molar-refractivity contribution is -0.289. The van der Waals surface area contributed by atoms with Crippen LogP contribution in [0.25, 0.3) is 0 Å². The average Bonchev–Trinajstić information content (AvgIpc) is 2.38. The zero-order valence-electron chi connectivity index (χ0n) is 12.7. The van der Waals surface area contributed by atoms with Crippen LogP contribution in [0.15, 0.2) is 18.2 Å². The van der Waals surface area contributed by atoms with Crippen LogP contribution >= 0.6 is 11.8 Å². The minimum absolute atomic E-state index is 0. The highest BCUT2D eigenvalue weighted by molar-refractivity contribution is 7.97. The summed E-state index contributed by atoms with van der Waals surface area (Å²) in [7, 11) is 0. The number of thioether (sulfide) groups is 1. The normalized spacial score (nSPS) is 12.8. The predicted octanol–water partition coefficient (Wildman–Crippen LogP) is 3.95. The van der Waals surface area contributed by atoms with Gasteiger partial charge in [0, 0.05) is 17.2 Å². The molecule has 0 aliphatic heterocycles. The zero-order valence-corrected chi connectivity index (χ0v) is 13.5. The Morgan fingerprint density at radius 1 is 1.13 bits per heavy atom. The molecule has 0 aliphatic carbocycles. The van der Waals surface area contributed by atoms with Crippen LogP contribution in [0.1, 0.15) is 31.0 Å². The Morgan fingerprint density at radius 2 is 1.61 bits per heavy atom. The predicted molar refractivity (Wildman–Crippen MR) is 87.8 cm³/mol. The maximum absolute atomic E-state index is 13.6. The first-order valence-corrected chi connectivity index (χ1v) is 8.04. The standard InChI is InChI=1S/C12H13F6N.C2H6S.BH3/c1-3-19-7(2)9-5-4-8(6-10(9)13)11(14,15)12(16,17)18;1-3-2;/h4-7,19H,3H2,1-2H3;1-2H3;1H3. The van der Waals surface area contributed by atoms with Crippen molar-refractivity contribution in [2.45, 2.75) is 32.0 Å². The molecule has 0 saturated heterocycles. The summed E-state index contributed by atoms with van der Waals surface area (Å²) in [6, 6.07) is 1.30. The van der Waals surface area contributed by atoms with E-state index >= 15 is 0 Å². The minimum Gasteiger partial charge on any atom is -0.310 e. The van der Waals surface area contributed by atoms with Gasteiger partial charge >= 0.3 is 12.1 Å². The van der Waals surface area contributed by atoms with Gasteiger partial charge in [-0.3, -0.25) is 0 Å². The maximum atomic E-state index is 13.6. The number of hydrogen-bond acceptors (Lipinski definition) is 2. The molecular weight excluding hydrogens is 339 g/mol. The van der Waals surface area contributed by atoms with Gasteiger partial charge in [-0.25, -0.2) is 4.39 Å². The molecule has 0 radical (unpaired) electrons. The Kier molecular flexibility index (Phi) is 10.8. The smallest absolute Gasteiger partial charge is 0.310 e. The van der Waals surface area contributed by atoms with Crippen LogP contribution in [-0.4, -0.2) is 33.6 Å². The lowest BCUT2D eigenvalue weighted by atomic mass is 10.0. The van der Waals surface area contributed by atoms with E-state index in [1.807, 2.05) is 12.5 Å². The quantitative estimate of drug-likeness (QED) is 0.644. The molecule has 0 spiro atoms. The highest BCUT2D eigenvalue weighted by Gasteiger charge is 2.58. The van der Waals surface area contributed by atoms with Gasteiger partial charge in [0.05, 0.1) is 8.41 Å². The summed E-state index contributed by atoms with van der Waals surface area (Å²) >= 11 is 1.75. The van der Waals surface area contributed by atoms with Crippen molar-refractivity contribution < 1.29 is 26.3 Å². The summed E-state index contributed by atoms with van der Waals surface area (Å²) in [4.78, 5) is 0. The summed E-state index contributed by atoms with van der Waals surface area (Å²) in [5.41, 5.74) is -1.35. The number of halogens is 6. The summed E-state index contributed by atoms with van der Waals surface area (Å²) < 4.78 is 76.1. The van der Waals surface area contributed by atoms with Crippen LogP contribution in [-0.2, 0) is 5.92 Å². The third kappa shape index (κ3) is 6.67. The third-order valence-electron chi connectivity index (χ3n) is 2.70. The lowest BCUT2D eigenvalue weighted by Crippen LogP contribution is -2.33. The van der Waals surface area contributed by atoms with E-state index in [0.29, 0.717) is 12.6 Å². The molecule has 1 aromatic rings. The summed E-state index contributed by atoms with van der Waals surface area (Å²) in [6.07, 6.45) is -1.66. The molecule has 0 aromatic heterocycles. The molecule has 0 fully saturated rings. The maximum Gasteiger partial charge on any atom is 0.458 e. The third-order valence-corrected chi connectivity index (χ3v) is 2.70. The minimum atomic E-state index is -5.74. The molecule has 1 aromatic carbocycles. The number of rotatable bonds is 4. The van der Waals surface area contributed by atoms with E-state index in [1.165, 1.54) is 0 Å². The number of alkyl halides is 5. The fourth-order valence-electron chi connectivity index (χ4n) is 1.65. The van der Waals surface area contributed by atoms with E-state index in [2.05, 4.69) is 5.32 Å². The number of benzene rings is 1. The van der Waals surface area contributed by atoms with Gasteiger partial charge in [-0.1, -0.05) is 19.1 Å². The first-order chi connectivity index (χ1) is 10.0. The van der Waals surface area contributed by atoms with Crippen LogP contribution in [0.5, 0.6) is 0 Å². The molecule has 1 nitrogen and oxygen atoms in total. The van der Waals surface area contributed by atoms with Gasteiger partial charge in [0.15, 0.2) is 0 Å². The molecule has 0 saturated carbocycles. The van der Waals surface area contributed by atoms with Gasteiger partial charge in [0.25, 0.3) is 0 Å². The van der Waals surface area contributed by atoms with E-state index in [0.717, 1.165) is 6.07 Å². The largest absolute Gasteiger partial charge is 0.458 e. The van der Waals surface area contributed by atoms with Crippen molar-refractivity contribution in [3.05, 3.63) is 35.1 Å². The molecule has 0 heterocycles. The highest BCUT2D eigenvalue weighted by atomic mass is 32.2. The SMILES string of the molecule is B.CCNC(C)c1ccc(C(F)(F)C(F)(F)F)cc1F.CSC. The Morgan fingerprint density at radius 3 is 1.96 bits per heavy atom. The fourth-order valence-corrected chi connectivity index (χ4v) is 1.65. The second kappa shape index (κ2) is 10.1. The molecule has 1 atom stereocenters. The molecule has 1 rings (SSSR count). The lowest BCUT2D eigenvalue weighted by Gasteiger charge is -2.21. The monoisotopic (exact) mass is 361 g/mol. The van der Waals surface area contributed by atoms with Gasteiger partial charge in [-0.15, -0.1) is 0 Å². The topological polar surface area (TPSA) is 12.0 Å². The molecule has 134 valence electrons. The Bertz CT molecular complexity index is 467. The molecule has 23 heavy (non-hydrogen) atoms. The molecule has 1 N–H and O–H groups in total. The van der Waals surface area contributed by atoms with Gasteiger partial charge in [0.1, 0.15) is 5.82 Å². The van der Waals surface area contributed by atoms with Crippen LogP contribution in [0.4, 0.5) is 26.3 Å². The van der Waals surface area contributed by atoms with Gasteiger partial charge in [-0.2, -0.15) is 33.7 Å². The second-order valence-electron chi connectivity index (χ2n) is 4.50. The van der Waals surface area contributed by atoms with Crippen LogP contribution in [0.2, 0.25) is 0 Å². The van der Waals surface area contributed by atoms with Crippen molar-refractivity contribution in [2.75, 3.05) is 19.1 Å². The number of hydrogen-bond donors (Lipinski definition) is 1. The molecular formula is C14H22BF6NS. The van der Waals surface area contributed by atoms with Gasteiger partial charge in [0.2, 0.25) is 0 Å². The van der Waals surface area contributed by atoms with Crippen molar-refractivity contribution in [3.8, 4) is 0 Å². The van der Waals surface area contributed by atoms with Crippen molar-refractivity contribution in [3.63, 3.8) is 0 Å². The van der Waals surface area contributed by atoms with Gasteiger partial charge in [-0.05, 0) is 32.0 Å². The van der Waals surface area contributed by atoms with Crippen molar-refractivity contribution in [2.24, 2.45) is 0 Å². The van der Waals surface area contributed by atoms with E-state index in [-0.39, 0.29) is 20.0 Å². The summed E-state index contributed by atoms with van der Waals surface area (Å²) in [6.45, 7) is 3.87. The first-order valence-electron chi connectivity index (χ1n) is 6.40. The first kappa shape index (κ1) is 24.4. The average molecular weight is 361 g/mol. The number of nitrogens with one attached hydrogen (secondary N) is 1. The zero-order chi connectivity index (χ0) is 17.6. The van der Waals surface area contributed by atoms with Gasteiger partial charge < -0.3 is 5.32 Å². The highest BCUT2D eigenvalue weighted by Crippen LogP contribution is 2.44. The molecule has 1 unspecified atom stereocenters. The Labute approximate surface area is 138 Å². The summed E-state index contributed by atoms with van der Waals surface area (Å²) in [5.74, 6) is -6.15.